The Labute approximate surface area is 135 Å². The molecule has 0 aliphatic carbocycles. The Balaban J connectivity index is 2.19. The predicted molar refractivity (Wildman–Crippen MR) is 86.6 cm³/mol. The smallest absolute Gasteiger partial charge is 0.266 e. The molecule has 1 atom stereocenters. The Morgan fingerprint density at radius 2 is 1.96 bits per heavy atom. The maximum Gasteiger partial charge on any atom is 0.266 e. The highest BCUT2D eigenvalue weighted by atomic mass is 16.3. The van der Waals surface area contributed by atoms with Gasteiger partial charge in [0.15, 0.2) is 0 Å². The minimum Gasteiger partial charge on any atom is -0.508 e. The number of carbonyl (C=O) groups excluding carboxylic acids is 1. The molecule has 4 rings (SSSR count). The number of carbonyl (C=O) groups is 1. The van der Waals surface area contributed by atoms with Gasteiger partial charge in [0.1, 0.15) is 22.8 Å². The van der Waals surface area contributed by atoms with Crippen molar-refractivity contribution in [3.05, 3.63) is 58.1 Å². The Kier molecular flexibility index (Phi) is 2.86. The molecule has 0 saturated carbocycles. The second kappa shape index (κ2) is 4.82. The van der Waals surface area contributed by atoms with Crippen molar-refractivity contribution in [2.75, 3.05) is 0 Å². The molecule has 3 N–H and O–H groups in total. The minimum absolute atomic E-state index is 0.0700. The summed E-state index contributed by atoms with van der Waals surface area (Å²) in [5.74, 6) is -0.264. The molecule has 0 radical (unpaired) electrons. The number of hydrogen-bond donors (Lipinski definition) is 3. The highest BCUT2D eigenvalue weighted by molar-refractivity contribution is 5.99. The third-order valence-electron chi connectivity index (χ3n) is 4.10. The standard InChI is InChI=1S/C17H13N3O4/c1-8-15-19-14-10(3-2-4-13(14)22)17(24)20(15)12-6-5-9(21)7-11(12)16(23)18-8/h2-8,21-22H,1H3,(H,18,23)/t8-/m0/s1. The Morgan fingerprint density at radius 3 is 2.75 bits per heavy atom. The quantitative estimate of drug-likeness (QED) is 0.583. The minimum atomic E-state index is -0.552. The van der Waals surface area contributed by atoms with Gasteiger partial charge in [-0.05, 0) is 37.3 Å². The molecule has 0 saturated heterocycles. The molecule has 0 unspecified atom stereocenters. The molecule has 1 aromatic heterocycles. The SMILES string of the molecule is C[C@@H]1NC(=O)c2cc(O)ccc2-n2c1nc1c(O)cccc1c2=O. The first-order valence-electron chi connectivity index (χ1n) is 7.36. The van der Waals surface area contributed by atoms with Gasteiger partial charge >= 0.3 is 0 Å². The van der Waals surface area contributed by atoms with Crippen LogP contribution in [0.15, 0.2) is 41.2 Å². The summed E-state index contributed by atoms with van der Waals surface area (Å²) in [6, 6.07) is 8.26. The molecule has 7 nitrogen and oxygen atoms in total. The maximum absolute atomic E-state index is 13.0. The van der Waals surface area contributed by atoms with E-state index in [2.05, 4.69) is 10.3 Å². The molecule has 7 heteroatoms. The van der Waals surface area contributed by atoms with Gasteiger partial charge in [-0.1, -0.05) is 6.07 Å². The molecule has 24 heavy (non-hydrogen) atoms. The van der Waals surface area contributed by atoms with E-state index in [1.54, 1.807) is 19.1 Å². The van der Waals surface area contributed by atoms with Gasteiger partial charge in [-0.15, -0.1) is 0 Å². The summed E-state index contributed by atoms with van der Waals surface area (Å²) >= 11 is 0. The molecule has 1 amide bonds. The summed E-state index contributed by atoms with van der Waals surface area (Å²) in [5, 5.41) is 22.7. The van der Waals surface area contributed by atoms with E-state index in [4.69, 9.17) is 0 Å². The second-order valence-electron chi connectivity index (χ2n) is 5.68. The molecular formula is C17H13N3O4. The molecule has 2 aromatic carbocycles. The topological polar surface area (TPSA) is 104 Å². The van der Waals surface area contributed by atoms with Crippen molar-refractivity contribution in [2.24, 2.45) is 0 Å². The van der Waals surface area contributed by atoms with Gasteiger partial charge in [0.25, 0.3) is 11.5 Å². The van der Waals surface area contributed by atoms with E-state index in [0.717, 1.165) is 0 Å². The number of fused-ring (bicyclic) bond motifs is 4. The van der Waals surface area contributed by atoms with E-state index in [0.29, 0.717) is 11.5 Å². The van der Waals surface area contributed by atoms with Crippen LogP contribution in [0.25, 0.3) is 16.6 Å². The first-order chi connectivity index (χ1) is 11.5. The van der Waals surface area contributed by atoms with E-state index in [-0.39, 0.29) is 33.5 Å². The Hall–Kier alpha value is -3.35. The molecular weight excluding hydrogens is 310 g/mol. The fourth-order valence-corrected chi connectivity index (χ4v) is 2.97. The number of nitrogens with zero attached hydrogens (tertiary/aromatic N) is 2. The van der Waals surface area contributed by atoms with Crippen LogP contribution in [0.2, 0.25) is 0 Å². The van der Waals surface area contributed by atoms with Crippen LogP contribution in [0, 0.1) is 0 Å². The summed E-state index contributed by atoms with van der Waals surface area (Å²) in [6.45, 7) is 1.70. The average molecular weight is 323 g/mol. The van der Waals surface area contributed by atoms with Crippen LogP contribution in [-0.2, 0) is 0 Å². The van der Waals surface area contributed by atoms with E-state index >= 15 is 0 Å². The molecule has 0 spiro atoms. The molecule has 120 valence electrons. The van der Waals surface area contributed by atoms with Crippen molar-refractivity contribution < 1.29 is 15.0 Å². The summed E-state index contributed by atoms with van der Waals surface area (Å²) in [7, 11) is 0. The molecule has 2 heterocycles. The van der Waals surface area contributed by atoms with Gasteiger partial charge in [-0.25, -0.2) is 4.98 Å². The number of phenolic OH excluding ortho intramolecular Hbond substituents is 2. The van der Waals surface area contributed by atoms with Gasteiger partial charge in [0.2, 0.25) is 0 Å². The van der Waals surface area contributed by atoms with Crippen molar-refractivity contribution in [1.29, 1.82) is 0 Å². The fraction of sp³-hybridized carbons (Fsp3) is 0.118. The van der Waals surface area contributed by atoms with Crippen LogP contribution in [0.1, 0.15) is 29.1 Å². The zero-order valence-corrected chi connectivity index (χ0v) is 12.6. The first-order valence-corrected chi connectivity index (χ1v) is 7.36. The summed E-state index contributed by atoms with van der Waals surface area (Å²) in [6.07, 6.45) is 0. The number of aromatic hydroxyl groups is 2. The zero-order chi connectivity index (χ0) is 17.0. The highest BCUT2D eigenvalue weighted by Crippen LogP contribution is 2.28. The van der Waals surface area contributed by atoms with Crippen molar-refractivity contribution >= 4 is 16.8 Å². The molecule has 1 aliphatic rings. The lowest BCUT2D eigenvalue weighted by Gasteiger charge is -2.15. The number of amides is 1. The first kappa shape index (κ1) is 14.3. The van der Waals surface area contributed by atoms with Crippen molar-refractivity contribution in [3.63, 3.8) is 0 Å². The number of benzene rings is 2. The van der Waals surface area contributed by atoms with Crippen LogP contribution < -0.4 is 10.9 Å². The van der Waals surface area contributed by atoms with Crippen molar-refractivity contribution in [1.82, 2.24) is 14.9 Å². The summed E-state index contributed by atoms with van der Waals surface area (Å²) in [5.41, 5.74) is 0.328. The van der Waals surface area contributed by atoms with E-state index in [1.165, 1.54) is 28.8 Å². The maximum atomic E-state index is 13.0. The number of aromatic nitrogens is 2. The normalized spacial score (nSPS) is 16.2. The van der Waals surface area contributed by atoms with Crippen molar-refractivity contribution in [2.45, 2.75) is 13.0 Å². The number of rotatable bonds is 0. The monoisotopic (exact) mass is 323 g/mol. The third kappa shape index (κ3) is 1.88. The van der Waals surface area contributed by atoms with E-state index in [1.807, 2.05) is 0 Å². The number of nitrogens with one attached hydrogen (secondary N) is 1. The molecule has 0 bridgehead atoms. The lowest BCUT2D eigenvalue weighted by molar-refractivity contribution is 0.0941. The van der Waals surface area contributed by atoms with Gasteiger partial charge < -0.3 is 15.5 Å². The largest absolute Gasteiger partial charge is 0.508 e. The van der Waals surface area contributed by atoms with Crippen LogP contribution in [0.5, 0.6) is 11.5 Å². The van der Waals surface area contributed by atoms with E-state index < -0.39 is 11.9 Å². The lowest BCUT2D eigenvalue weighted by atomic mass is 10.1. The summed E-state index contributed by atoms with van der Waals surface area (Å²) in [4.78, 5) is 29.8. The second-order valence-corrected chi connectivity index (χ2v) is 5.68. The fourth-order valence-electron chi connectivity index (χ4n) is 2.97. The number of hydrogen-bond acceptors (Lipinski definition) is 5. The Bertz CT molecular complexity index is 1070. The van der Waals surface area contributed by atoms with Crippen LogP contribution >= 0.6 is 0 Å². The molecule has 3 aromatic rings. The highest BCUT2D eigenvalue weighted by Gasteiger charge is 2.27. The van der Waals surface area contributed by atoms with Crippen molar-refractivity contribution in [3.8, 4) is 17.2 Å². The van der Waals surface area contributed by atoms with Gasteiger partial charge in [-0.2, -0.15) is 0 Å². The molecule has 0 fully saturated rings. The zero-order valence-electron chi connectivity index (χ0n) is 12.6. The van der Waals surface area contributed by atoms with Crippen LogP contribution in [-0.4, -0.2) is 25.7 Å². The third-order valence-corrected chi connectivity index (χ3v) is 4.10. The Morgan fingerprint density at radius 1 is 1.17 bits per heavy atom. The number of para-hydroxylation sites is 1. The van der Waals surface area contributed by atoms with Crippen LogP contribution in [0.3, 0.4) is 0 Å². The summed E-state index contributed by atoms with van der Waals surface area (Å²) < 4.78 is 1.35. The van der Waals surface area contributed by atoms with Crippen LogP contribution in [0.4, 0.5) is 0 Å². The predicted octanol–water partition coefficient (Wildman–Crippen LogP) is 1.60. The van der Waals surface area contributed by atoms with Gasteiger partial charge in [-0.3, -0.25) is 14.2 Å². The van der Waals surface area contributed by atoms with Gasteiger partial charge in [0.05, 0.1) is 22.7 Å². The molecule has 1 aliphatic heterocycles. The average Bonchev–Trinajstić information content (AvgIpc) is 2.65. The lowest BCUT2D eigenvalue weighted by Crippen LogP contribution is -2.28. The van der Waals surface area contributed by atoms with Gasteiger partial charge in [0, 0.05) is 0 Å². The number of phenols is 2. The van der Waals surface area contributed by atoms with E-state index in [9.17, 15) is 19.8 Å².